The summed E-state index contributed by atoms with van der Waals surface area (Å²) in [6.07, 6.45) is -1.42. The Morgan fingerprint density at radius 1 is 0.913 bits per heavy atom. The molecule has 0 atom stereocenters. The molecular weight excluding hydrogens is 300 g/mol. The van der Waals surface area contributed by atoms with Crippen LogP contribution in [0.25, 0.3) is 0 Å². The number of fused-ring (bicyclic) bond motifs is 1. The van der Waals surface area contributed by atoms with Crippen molar-refractivity contribution in [2.45, 2.75) is 19.3 Å². The molecule has 0 bridgehead atoms. The topological polar surface area (TPSA) is 37.4 Å². The van der Waals surface area contributed by atoms with E-state index in [0.717, 1.165) is 5.56 Å². The van der Waals surface area contributed by atoms with Gasteiger partial charge >= 0.3 is 0 Å². The molecule has 1 heterocycles. The molecule has 2 aromatic carbocycles. The predicted molar refractivity (Wildman–Crippen MR) is 81.5 cm³/mol. The Kier molecular flexibility index (Phi) is 4.19. The van der Waals surface area contributed by atoms with Crippen LogP contribution in [-0.4, -0.2) is 23.3 Å². The van der Waals surface area contributed by atoms with Crippen molar-refractivity contribution >= 4 is 11.8 Å². The second kappa shape index (κ2) is 6.28. The summed E-state index contributed by atoms with van der Waals surface area (Å²) in [5.74, 6) is -0.570. The summed E-state index contributed by atoms with van der Waals surface area (Å²) >= 11 is 0. The van der Waals surface area contributed by atoms with Crippen LogP contribution >= 0.6 is 0 Å². The lowest BCUT2D eigenvalue weighted by molar-refractivity contribution is 0.0652. The summed E-state index contributed by atoms with van der Waals surface area (Å²) < 4.78 is 25.3. The van der Waals surface area contributed by atoms with Crippen LogP contribution in [0, 0.1) is 0 Å². The van der Waals surface area contributed by atoms with Crippen LogP contribution in [0.15, 0.2) is 48.5 Å². The lowest BCUT2D eigenvalue weighted by Gasteiger charge is -2.13. The van der Waals surface area contributed by atoms with Gasteiger partial charge < -0.3 is 0 Å². The molecule has 118 valence electrons. The lowest BCUT2D eigenvalue weighted by Crippen LogP contribution is -2.30. The molecule has 0 aromatic heterocycles. The van der Waals surface area contributed by atoms with E-state index >= 15 is 0 Å². The Hall–Kier alpha value is -2.56. The van der Waals surface area contributed by atoms with Crippen molar-refractivity contribution in [2.24, 2.45) is 0 Å². The fourth-order valence-corrected chi connectivity index (χ4v) is 2.77. The van der Waals surface area contributed by atoms with Crippen LogP contribution in [0.3, 0.4) is 0 Å². The number of benzene rings is 2. The van der Waals surface area contributed by atoms with Crippen LogP contribution < -0.4 is 0 Å². The number of hydrogen-bond donors (Lipinski definition) is 0. The number of alkyl halides is 2. The first-order valence-electron chi connectivity index (χ1n) is 7.40. The van der Waals surface area contributed by atoms with Crippen molar-refractivity contribution < 1.29 is 18.4 Å². The van der Waals surface area contributed by atoms with E-state index in [4.69, 9.17) is 0 Å². The first kappa shape index (κ1) is 15.3. The van der Waals surface area contributed by atoms with Gasteiger partial charge in [-0.3, -0.25) is 14.5 Å². The van der Waals surface area contributed by atoms with Crippen molar-refractivity contribution in [1.82, 2.24) is 4.90 Å². The van der Waals surface area contributed by atoms with Crippen LogP contribution in [0.5, 0.6) is 0 Å². The molecule has 5 heteroatoms. The molecule has 1 aliphatic rings. The molecule has 0 radical (unpaired) electrons. The highest BCUT2D eigenvalue weighted by molar-refractivity contribution is 6.21. The number of halogens is 2. The van der Waals surface area contributed by atoms with Gasteiger partial charge in [0.05, 0.1) is 11.1 Å². The van der Waals surface area contributed by atoms with E-state index in [1.54, 1.807) is 36.4 Å². The van der Waals surface area contributed by atoms with Crippen LogP contribution in [-0.2, 0) is 6.42 Å². The van der Waals surface area contributed by atoms with Gasteiger partial charge in [0.1, 0.15) is 0 Å². The maximum absolute atomic E-state index is 12.7. The average Bonchev–Trinajstić information content (AvgIpc) is 2.80. The minimum atomic E-state index is -2.49. The van der Waals surface area contributed by atoms with Crippen molar-refractivity contribution in [3.05, 3.63) is 70.8 Å². The molecule has 3 rings (SSSR count). The fraction of sp³-hybridized carbons (Fsp3) is 0.222. The van der Waals surface area contributed by atoms with Gasteiger partial charge in [0, 0.05) is 12.1 Å². The molecule has 0 fully saturated rings. The Balaban J connectivity index is 1.63. The van der Waals surface area contributed by atoms with Crippen LogP contribution in [0.4, 0.5) is 8.78 Å². The molecule has 2 aromatic rings. The van der Waals surface area contributed by atoms with E-state index in [1.807, 2.05) is 0 Å². The number of hydrogen-bond acceptors (Lipinski definition) is 2. The SMILES string of the molecule is O=C1c2ccccc2C(=O)N1CCCc1cccc(C(F)F)c1. The standard InChI is InChI=1S/C18H15F2NO2/c19-16(20)13-7-3-5-12(11-13)6-4-10-21-17(22)14-8-1-2-9-15(14)18(21)23/h1-3,5,7-9,11,16H,4,6,10H2. The van der Waals surface area contributed by atoms with Gasteiger partial charge in [0.25, 0.3) is 18.2 Å². The molecule has 1 aliphatic heterocycles. The molecule has 3 nitrogen and oxygen atoms in total. The van der Waals surface area contributed by atoms with Crippen molar-refractivity contribution in [3.8, 4) is 0 Å². The van der Waals surface area contributed by atoms with Gasteiger partial charge in [-0.15, -0.1) is 0 Å². The van der Waals surface area contributed by atoms with Crippen molar-refractivity contribution in [3.63, 3.8) is 0 Å². The first-order valence-corrected chi connectivity index (χ1v) is 7.40. The highest BCUT2D eigenvalue weighted by atomic mass is 19.3. The number of carbonyl (C=O) groups is 2. The average molecular weight is 315 g/mol. The number of nitrogens with zero attached hydrogens (tertiary/aromatic N) is 1. The molecular formula is C18H15F2NO2. The van der Waals surface area contributed by atoms with Gasteiger partial charge in [-0.25, -0.2) is 8.78 Å². The maximum Gasteiger partial charge on any atom is 0.263 e. The number of aryl methyl sites for hydroxylation is 1. The van der Waals surface area contributed by atoms with Crippen molar-refractivity contribution in [1.29, 1.82) is 0 Å². The van der Waals surface area contributed by atoms with Gasteiger partial charge in [0.2, 0.25) is 0 Å². The van der Waals surface area contributed by atoms with Gasteiger partial charge in [0.15, 0.2) is 0 Å². The summed E-state index contributed by atoms with van der Waals surface area (Å²) in [5.41, 5.74) is 1.62. The van der Waals surface area contributed by atoms with E-state index in [-0.39, 0.29) is 23.9 Å². The molecule has 0 unspecified atom stereocenters. The molecule has 0 saturated heterocycles. The number of carbonyl (C=O) groups excluding carboxylic acids is 2. The molecule has 0 N–H and O–H groups in total. The first-order chi connectivity index (χ1) is 11.1. The molecule has 0 aliphatic carbocycles. The molecule has 0 saturated carbocycles. The van der Waals surface area contributed by atoms with E-state index in [1.165, 1.54) is 17.0 Å². The van der Waals surface area contributed by atoms with Crippen LogP contribution in [0.2, 0.25) is 0 Å². The largest absolute Gasteiger partial charge is 0.274 e. The summed E-state index contributed by atoms with van der Waals surface area (Å²) in [4.78, 5) is 25.6. The maximum atomic E-state index is 12.7. The summed E-state index contributed by atoms with van der Waals surface area (Å²) in [6, 6.07) is 13.0. The molecule has 23 heavy (non-hydrogen) atoms. The Morgan fingerprint density at radius 3 is 2.17 bits per heavy atom. The number of amides is 2. The van der Waals surface area contributed by atoms with E-state index < -0.39 is 6.43 Å². The van der Waals surface area contributed by atoms with Crippen molar-refractivity contribution in [2.75, 3.05) is 6.54 Å². The summed E-state index contributed by atoms with van der Waals surface area (Å²) in [5, 5.41) is 0. The third kappa shape index (κ3) is 2.99. The normalized spacial score (nSPS) is 13.8. The zero-order chi connectivity index (χ0) is 16.4. The number of imide groups is 1. The van der Waals surface area contributed by atoms with E-state index in [2.05, 4.69) is 0 Å². The Bertz CT molecular complexity index is 723. The second-order valence-electron chi connectivity index (χ2n) is 5.46. The third-order valence-corrected chi connectivity index (χ3v) is 3.93. The number of rotatable bonds is 5. The Labute approximate surface area is 132 Å². The quantitative estimate of drug-likeness (QED) is 0.786. The van der Waals surface area contributed by atoms with E-state index in [0.29, 0.717) is 24.0 Å². The minimum Gasteiger partial charge on any atom is -0.274 e. The second-order valence-corrected chi connectivity index (χ2v) is 5.46. The molecule has 2 amide bonds. The summed E-state index contributed by atoms with van der Waals surface area (Å²) in [6.45, 7) is 0.283. The zero-order valence-electron chi connectivity index (χ0n) is 12.3. The fourth-order valence-electron chi connectivity index (χ4n) is 2.77. The zero-order valence-corrected chi connectivity index (χ0v) is 12.3. The van der Waals surface area contributed by atoms with Gasteiger partial charge in [-0.05, 0) is 30.5 Å². The predicted octanol–water partition coefficient (Wildman–Crippen LogP) is 3.85. The summed E-state index contributed by atoms with van der Waals surface area (Å²) in [7, 11) is 0. The lowest BCUT2D eigenvalue weighted by atomic mass is 10.1. The smallest absolute Gasteiger partial charge is 0.263 e. The monoisotopic (exact) mass is 315 g/mol. The van der Waals surface area contributed by atoms with Gasteiger partial charge in [-0.1, -0.05) is 36.4 Å². The van der Waals surface area contributed by atoms with E-state index in [9.17, 15) is 18.4 Å². The highest BCUT2D eigenvalue weighted by Gasteiger charge is 2.34. The van der Waals surface area contributed by atoms with Crippen LogP contribution in [0.1, 0.15) is 44.7 Å². The Morgan fingerprint density at radius 2 is 1.57 bits per heavy atom. The van der Waals surface area contributed by atoms with Gasteiger partial charge in [-0.2, -0.15) is 0 Å². The minimum absolute atomic E-state index is 0.0109. The highest BCUT2D eigenvalue weighted by Crippen LogP contribution is 2.23. The molecule has 0 spiro atoms. The third-order valence-electron chi connectivity index (χ3n) is 3.93.